The summed E-state index contributed by atoms with van der Waals surface area (Å²) >= 11 is 2.21. The van der Waals surface area contributed by atoms with Crippen molar-refractivity contribution in [1.82, 2.24) is 0 Å². The van der Waals surface area contributed by atoms with Gasteiger partial charge in [-0.2, -0.15) is 0 Å². The van der Waals surface area contributed by atoms with E-state index in [0.29, 0.717) is 0 Å². The van der Waals surface area contributed by atoms with Gasteiger partial charge in [-0.1, -0.05) is 0 Å². The molecule has 0 aromatic heterocycles. The van der Waals surface area contributed by atoms with Crippen LogP contribution in [0, 0.1) is 0 Å². The van der Waals surface area contributed by atoms with Gasteiger partial charge < -0.3 is 24.8 Å². The van der Waals surface area contributed by atoms with Crippen LogP contribution in [0.1, 0.15) is 13.3 Å². The molecule has 0 aromatic carbocycles. The minimum Gasteiger partial charge on any atom is -1.00 e. The smallest absolute Gasteiger partial charge is 1.00 e. The number of rotatable bonds is 3. The fraction of sp³-hybridized carbons (Fsp3) is 0.556. The second-order valence-corrected chi connectivity index (χ2v) is 8.23. The summed E-state index contributed by atoms with van der Waals surface area (Å²) in [6.45, 7) is 7.45. The van der Waals surface area contributed by atoms with Crippen molar-refractivity contribution in [3.05, 3.63) is 21.2 Å². The van der Waals surface area contributed by atoms with Crippen molar-refractivity contribution in [2.24, 2.45) is 0 Å². The van der Waals surface area contributed by atoms with Gasteiger partial charge in [0.05, 0.1) is 0 Å². The van der Waals surface area contributed by atoms with E-state index < -0.39 is 8.32 Å². The van der Waals surface area contributed by atoms with Crippen LogP contribution in [-0.4, -0.2) is 14.9 Å². The molecule has 14 heavy (non-hydrogen) atoms. The van der Waals surface area contributed by atoms with Crippen LogP contribution in [0.25, 0.3) is 0 Å². The Morgan fingerprint density at radius 2 is 2.00 bits per heavy atom. The Bertz CT molecular complexity index is 239. The van der Waals surface area contributed by atoms with E-state index in [9.17, 15) is 0 Å². The van der Waals surface area contributed by atoms with E-state index >= 15 is 0 Å². The number of allylic oxidation sites excluding steroid dienone is 4. The maximum Gasteiger partial charge on any atom is -1.00 e. The largest absolute Gasteiger partial charge is 1.00 e. The van der Waals surface area contributed by atoms with Gasteiger partial charge in [0.25, 0.3) is 0 Å². The van der Waals surface area contributed by atoms with Crippen LogP contribution in [-0.2, 0) is 24.9 Å². The molecular formula is C9H15Cl2OSiTi. The summed E-state index contributed by atoms with van der Waals surface area (Å²) < 4.78 is 7.31. The molecule has 0 bridgehead atoms. The molecule has 1 aliphatic rings. The number of halogens is 2. The van der Waals surface area contributed by atoms with E-state index in [0.717, 1.165) is 13.0 Å². The van der Waals surface area contributed by atoms with Gasteiger partial charge in [-0.25, -0.2) is 0 Å². The standard InChI is InChI=1S/C9H15OSi.2ClH.Ti/c1-4-10-11(2,3)9-7-5-6-8-9;;;/h5,7H,4,6H2,1-3H3;2*1H;/q;;;+2/p-2. The Labute approximate surface area is 112 Å². The van der Waals surface area contributed by atoms with Crippen LogP contribution in [0.15, 0.2) is 21.2 Å². The summed E-state index contributed by atoms with van der Waals surface area (Å²) in [6.07, 6.45) is 5.61. The maximum absolute atomic E-state index is 5.81. The third-order valence-corrected chi connectivity index (χ3v) is 5.99. The molecule has 0 aliphatic heterocycles. The van der Waals surface area contributed by atoms with Gasteiger partial charge >= 0.3 is 87.5 Å². The summed E-state index contributed by atoms with van der Waals surface area (Å²) in [7, 11) is -1.54. The van der Waals surface area contributed by atoms with E-state index in [1.54, 1.807) is 0 Å². The summed E-state index contributed by atoms with van der Waals surface area (Å²) in [5.74, 6) is 0. The maximum atomic E-state index is 5.81. The molecule has 0 spiro atoms. The molecular weight excluding hydrogens is 271 g/mol. The Kier molecular flexibility index (Phi) is 9.00. The predicted octanol–water partition coefficient (Wildman–Crippen LogP) is -3.46. The molecule has 1 rings (SSSR count). The van der Waals surface area contributed by atoms with Crippen LogP contribution in [0.3, 0.4) is 0 Å². The summed E-state index contributed by atoms with van der Waals surface area (Å²) in [4.78, 5) is 0. The van der Waals surface area contributed by atoms with E-state index in [-0.39, 0.29) is 24.8 Å². The van der Waals surface area contributed by atoms with Crippen molar-refractivity contribution in [3.8, 4) is 0 Å². The molecule has 0 amide bonds. The Morgan fingerprint density at radius 1 is 1.43 bits per heavy atom. The van der Waals surface area contributed by atoms with Crippen LogP contribution in [0.4, 0.5) is 0 Å². The molecule has 79 valence electrons. The Balaban J connectivity index is 0. The predicted molar refractivity (Wildman–Crippen MR) is 49.9 cm³/mol. The molecule has 1 nitrogen and oxygen atoms in total. The first-order chi connectivity index (χ1) is 5.58. The summed E-state index contributed by atoms with van der Waals surface area (Å²) in [5.41, 5.74) is 0. The minimum atomic E-state index is -1.54. The summed E-state index contributed by atoms with van der Waals surface area (Å²) in [5, 5.41) is 1.49. The molecule has 0 radical (unpaired) electrons. The van der Waals surface area contributed by atoms with Crippen molar-refractivity contribution >= 4 is 8.32 Å². The number of hydrogen-bond acceptors (Lipinski definition) is 1. The van der Waals surface area contributed by atoms with Crippen LogP contribution < -0.4 is 24.8 Å². The second kappa shape index (κ2) is 7.26. The zero-order valence-electron chi connectivity index (χ0n) is 8.73. The fourth-order valence-electron chi connectivity index (χ4n) is 1.51. The Morgan fingerprint density at radius 3 is 2.36 bits per heavy atom. The molecule has 0 fully saturated rings. The molecule has 1 aliphatic carbocycles. The van der Waals surface area contributed by atoms with Crippen LogP contribution in [0.5, 0.6) is 0 Å². The molecule has 0 atom stereocenters. The molecule has 5 heteroatoms. The van der Waals surface area contributed by atoms with Gasteiger partial charge in [-0.05, 0) is 0 Å². The van der Waals surface area contributed by atoms with E-state index in [1.807, 2.05) is 0 Å². The van der Waals surface area contributed by atoms with Gasteiger partial charge in [-0.15, -0.1) is 0 Å². The van der Waals surface area contributed by atoms with Crippen LogP contribution in [0.2, 0.25) is 13.1 Å². The topological polar surface area (TPSA) is 9.23 Å². The van der Waals surface area contributed by atoms with Gasteiger partial charge in [0.15, 0.2) is 0 Å². The number of hydrogen-bond donors (Lipinski definition) is 0. The first-order valence-electron chi connectivity index (χ1n) is 4.33. The molecule has 0 heterocycles. The summed E-state index contributed by atoms with van der Waals surface area (Å²) in [6, 6.07) is 0. The quantitative estimate of drug-likeness (QED) is 0.490. The van der Waals surface area contributed by atoms with Crippen molar-refractivity contribution < 1.29 is 49.7 Å². The van der Waals surface area contributed by atoms with Crippen molar-refractivity contribution in [2.45, 2.75) is 26.4 Å². The third kappa shape index (κ3) is 4.21. The average molecular weight is 286 g/mol. The normalized spacial score (nSPS) is 15.2. The zero-order valence-corrected chi connectivity index (χ0v) is 12.8. The third-order valence-electron chi connectivity index (χ3n) is 2.09. The zero-order chi connectivity index (χ0) is 9.19. The molecule has 0 unspecified atom stereocenters. The molecule has 0 saturated carbocycles. The Hall–Kier alpha value is 0.951. The van der Waals surface area contributed by atoms with Gasteiger partial charge in [-0.3, -0.25) is 0 Å². The van der Waals surface area contributed by atoms with Crippen LogP contribution >= 0.6 is 0 Å². The first-order valence-corrected chi connectivity index (χ1v) is 8.02. The van der Waals surface area contributed by atoms with Gasteiger partial charge in [0.1, 0.15) is 0 Å². The molecule has 0 N–H and O–H groups in total. The second-order valence-electron chi connectivity index (χ2n) is 3.44. The fourth-order valence-corrected chi connectivity index (χ4v) is 5.46. The molecule has 0 aromatic rings. The van der Waals surface area contributed by atoms with E-state index in [1.165, 1.54) is 9.07 Å². The molecule has 0 saturated heterocycles. The average Bonchev–Trinajstić information content (AvgIpc) is 2.35. The first kappa shape index (κ1) is 17.3. The van der Waals surface area contributed by atoms with Gasteiger partial charge in [0.2, 0.25) is 0 Å². The minimum absolute atomic E-state index is 0. The van der Waals surface area contributed by atoms with Crippen molar-refractivity contribution in [3.63, 3.8) is 0 Å². The van der Waals surface area contributed by atoms with Crippen molar-refractivity contribution in [2.75, 3.05) is 6.61 Å². The van der Waals surface area contributed by atoms with E-state index in [4.69, 9.17) is 4.43 Å². The van der Waals surface area contributed by atoms with E-state index in [2.05, 4.69) is 52.6 Å². The van der Waals surface area contributed by atoms with Crippen molar-refractivity contribution in [1.29, 1.82) is 0 Å². The van der Waals surface area contributed by atoms with Gasteiger partial charge in [0, 0.05) is 0 Å². The SMILES string of the molecule is CCO[Si](C)(C)C1=[C]([Ti+2])CC=C1.[Cl-].[Cl-]. The monoisotopic (exact) mass is 285 g/mol.